The van der Waals surface area contributed by atoms with Gasteiger partial charge in [-0.15, -0.1) is 0 Å². The van der Waals surface area contributed by atoms with Crippen LogP contribution < -0.4 is 16.4 Å². The van der Waals surface area contributed by atoms with E-state index in [4.69, 9.17) is 5.73 Å². The van der Waals surface area contributed by atoms with Gasteiger partial charge in [-0.2, -0.15) is 0 Å². The van der Waals surface area contributed by atoms with Gasteiger partial charge in [0.15, 0.2) is 0 Å². The molecule has 0 heterocycles. The van der Waals surface area contributed by atoms with E-state index in [0.717, 1.165) is 12.1 Å². The smallest absolute Gasteiger partial charge is 0.253 e. The number of nitrogens with two attached hydrogens (primary N) is 1. The van der Waals surface area contributed by atoms with Gasteiger partial charge in [0, 0.05) is 18.4 Å². The van der Waals surface area contributed by atoms with Crippen molar-refractivity contribution in [1.29, 1.82) is 0 Å². The van der Waals surface area contributed by atoms with Crippen molar-refractivity contribution in [3.05, 3.63) is 59.7 Å². The van der Waals surface area contributed by atoms with Crippen LogP contribution in [0.1, 0.15) is 35.3 Å². The molecule has 0 aliphatic heterocycles. The van der Waals surface area contributed by atoms with Crippen LogP contribution in [-0.2, 0) is 0 Å². The van der Waals surface area contributed by atoms with Gasteiger partial charge in [-0.3, -0.25) is 4.79 Å². The van der Waals surface area contributed by atoms with Crippen LogP contribution in [0.4, 0.5) is 11.4 Å². The molecule has 2 aromatic rings. The summed E-state index contributed by atoms with van der Waals surface area (Å²) < 4.78 is 0. The molecule has 0 radical (unpaired) electrons. The third kappa shape index (κ3) is 3.54. The lowest BCUT2D eigenvalue weighted by molar-refractivity contribution is 0.0964. The first-order chi connectivity index (χ1) is 10.2. The molecule has 110 valence electrons. The standard InChI is InChI=1S/C17H21N3O/c1-3-15(12-7-5-4-6-8-12)20-16-11-13(18)9-10-14(16)17(21)19-2/h4-11,15,20H,3,18H2,1-2H3,(H,19,21). The van der Waals surface area contributed by atoms with Gasteiger partial charge in [-0.1, -0.05) is 37.3 Å². The fourth-order valence-corrected chi connectivity index (χ4v) is 2.31. The summed E-state index contributed by atoms with van der Waals surface area (Å²) in [5.41, 5.74) is 9.02. The van der Waals surface area contributed by atoms with Crippen molar-refractivity contribution in [3.63, 3.8) is 0 Å². The maximum Gasteiger partial charge on any atom is 0.253 e. The van der Waals surface area contributed by atoms with E-state index < -0.39 is 0 Å². The van der Waals surface area contributed by atoms with Crippen LogP contribution in [0.5, 0.6) is 0 Å². The zero-order valence-electron chi connectivity index (χ0n) is 12.4. The van der Waals surface area contributed by atoms with Crippen LogP contribution in [0.2, 0.25) is 0 Å². The minimum Gasteiger partial charge on any atom is -0.399 e. The van der Waals surface area contributed by atoms with Gasteiger partial charge in [0.25, 0.3) is 5.91 Å². The van der Waals surface area contributed by atoms with Crippen molar-refractivity contribution in [2.24, 2.45) is 0 Å². The fourth-order valence-electron chi connectivity index (χ4n) is 2.31. The highest BCUT2D eigenvalue weighted by Crippen LogP contribution is 2.26. The Balaban J connectivity index is 2.33. The maximum atomic E-state index is 12.0. The summed E-state index contributed by atoms with van der Waals surface area (Å²) in [7, 11) is 1.62. The molecule has 0 aliphatic carbocycles. The van der Waals surface area contributed by atoms with Gasteiger partial charge in [-0.25, -0.2) is 0 Å². The molecule has 0 saturated heterocycles. The van der Waals surface area contributed by atoms with E-state index >= 15 is 0 Å². The molecular weight excluding hydrogens is 262 g/mol. The molecule has 2 aromatic carbocycles. The maximum absolute atomic E-state index is 12.0. The SMILES string of the molecule is CCC(Nc1cc(N)ccc1C(=O)NC)c1ccccc1. The minimum atomic E-state index is -0.125. The van der Waals surface area contributed by atoms with Crippen LogP contribution in [0.25, 0.3) is 0 Å². The Labute approximate surface area is 125 Å². The molecule has 0 aliphatic rings. The summed E-state index contributed by atoms with van der Waals surface area (Å²) in [6.07, 6.45) is 0.909. The molecule has 0 bridgehead atoms. The number of benzene rings is 2. The molecule has 1 amide bonds. The number of hydrogen-bond donors (Lipinski definition) is 3. The van der Waals surface area contributed by atoms with Gasteiger partial charge in [0.2, 0.25) is 0 Å². The highest BCUT2D eigenvalue weighted by molar-refractivity contribution is 6.00. The molecule has 1 unspecified atom stereocenters. The van der Waals surface area contributed by atoms with Crippen molar-refractivity contribution in [2.45, 2.75) is 19.4 Å². The zero-order valence-corrected chi connectivity index (χ0v) is 12.4. The Bertz CT molecular complexity index is 611. The van der Waals surface area contributed by atoms with Crippen LogP contribution in [0.15, 0.2) is 48.5 Å². The van der Waals surface area contributed by atoms with Crippen LogP contribution in [0, 0.1) is 0 Å². The van der Waals surface area contributed by atoms with Crippen molar-refractivity contribution < 1.29 is 4.79 Å². The third-order valence-electron chi connectivity index (χ3n) is 3.46. The second-order valence-electron chi connectivity index (χ2n) is 4.90. The number of hydrogen-bond acceptors (Lipinski definition) is 3. The number of nitrogen functional groups attached to an aromatic ring is 1. The number of carbonyl (C=O) groups excluding carboxylic acids is 1. The van der Waals surface area contributed by atoms with E-state index in [1.54, 1.807) is 25.2 Å². The lowest BCUT2D eigenvalue weighted by Gasteiger charge is -2.21. The molecule has 0 fully saturated rings. The summed E-state index contributed by atoms with van der Waals surface area (Å²) >= 11 is 0. The fraction of sp³-hybridized carbons (Fsp3) is 0.235. The van der Waals surface area contributed by atoms with Gasteiger partial charge in [0.1, 0.15) is 0 Å². The average molecular weight is 283 g/mol. The second-order valence-corrected chi connectivity index (χ2v) is 4.90. The van der Waals surface area contributed by atoms with Gasteiger partial charge < -0.3 is 16.4 Å². The van der Waals surface area contributed by atoms with E-state index in [1.807, 2.05) is 18.2 Å². The monoisotopic (exact) mass is 283 g/mol. The molecule has 4 heteroatoms. The first-order valence-electron chi connectivity index (χ1n) is 7.08. The number of anilines is 2. The minimum absolute atomic E-state index is 0.125. The van der Waals surface area contributed by atoms with Gasteiger partial charge in [-0.05, 0) is 30.2 Å². The predicted molar refractivity (Wildman–Crippen MR) is 87.3 cm³/mol. The summed E-state index contributed by atoms with van der Waals surface area (Å²) in [5, 5.41) is 6.08. The van der Waals surface area contributed by atoms with E-state index in [-0.39, 0.29) is 11.9 Å². The van der Waals surface area contributed by atoms with Gasteiger partial charge in [0.05, 0.1) is 11.6 Å². The van der Waals surface area contributed by atoms with Crippen molar-refractivity contribution in [2.75, 3.05) is 18.1 Å². The van der Waals surface area contributed by atoms with E-state index in [9.17, 15) is 4.79 Å². The Hall–Kier alpha value is -2.49. The molecule has 1 atom stereocenters. The Morgan fingerprint density at radius 2 is 1.90 bits per heavy atom. The molecule has 4 nitrogen and oxygen atoms in total. The van der Waals surface area contributed by atoms with E-state index in [0.29, 0.717) is 11.3 Å². The first kappa shape index (κ1) is 14.9. The first-order valence-corrected chi connectivity index (χ1v) is 7.08. The van der Waals surface area contributed by atoms with Crippen LogP contribution in [0.3, 0.4) is 0 Å². The number of amides is 1. The average Bonchev–Trinajstić information content (AvgIpc) is 2.53. The summed E-state index contributed by atoms with van der Waals surface area (Å²) in [5.74, 6) is -0.125. The largest absolute Gasteiger partial charge is 0.399 e. The molecule has 21 heavy (non-hydrogen) atoms. The third-order valence-corrected chi connectivity index (χ3v) is 3.46. The van der Waals surface area contributed by atoms with Crippen LogP contribution in [-0.4, -0.2) is 13.0 Å². The quantitative estimate of drug-likeness (QED) is 0.738. The zero-order chi connectivity index (χ0) is 15.2. The number of rotatable bonds is 5. The summed E-state index contributed by atoms with van der Waals surface area (Å²) in [6.45, 7) is 2.11. The van der Waals surface area contributed by atoms with Crippen molar-refractivity contribution in [1.82, 2.24) is 5.32 Å². The topological polar surface area (TPSA) is 67.1 Å². The Kier molecular flexibility index (Phi) is 4.82. The molecule has 4 N–H and O–H groups in total. The van der Waals surface area contributed by atoms with Gasteiger partial charge >= 0.3 is 0 Å². The highest BCUT2D eigenvalue weighted by atomic mass is 16.1. The predicted octanol–water partition coefficient (Wildman–Crippen LogP) is 3.19. The molecule has 0 saturated carbocycles. The van der Waals surface area contributed by atoms with Crippen molar-refractivity contribution >= 4 is 17.3 Å². The normalized spacial score (nSPS) is 11.7. The number of nitrogens with one attached hydrogen (secondary N) is 2. The lowest BCUT2D eigenvalue weighted by Crippen LogP contribution is -2.21. The summed E-state index contributed by atoms with van der Waals surface area (Å²) in [4.78, 5) is 12.0. The van der Waals surface area contributed by atoms with Crippen LogP contribution >= 0.6 is 0 Å². The van der Waals surface area contributed by atoms with Crippen molar-refractivity contribution in [3.8, 4) is 0 Å². The summed E-state index contributed by atoms with van der Waals surface area (Å²) in [6, 6.07) is 15.6. The van der Waals surface area contributed by atoms with E-state index in [1.165, 1.54) is 5.56 Å². The Morgan fingerprint density at radius 1 is 1.19 bits per heavy atom. The molecule has 0 spiro atoms. The highest BCUT2D eigenvalue weighted by Gasteiger charge is 2.14. The molecule has 0 aromatic heterocycles. The lowest BCUT2D eigenvalue weighted by atomic mass is 10.0. The molecular formula is C17H21N3O. The number of carbonyl (C=O) groups is 1. The Morgan fingerprint density at radius 3 is 2.52 bits per heavy atom. The molecule has 2 rings (SSSR count). The van der Waals surface area contributed by atoms with E-state index in [2.05, 4.69) is 29.7 Å². The second kappa shape index (κ2) is 6.79.